The molecule has 1 aromatic carbocycles. The summed E-state index contributed by atoms with van der Waals surface area (Å²) in [6.45, 7) is 2.71. The third kappa shape index (κ3) is 1.38. The van der Waals surface area contributed by atoms with Gasteiger partial charge in [0, 0.05) is 18.1 Å². The summed E-state index contributed by atoms with van der Waals surface area (Å²) in [6.07, 6.45) is 2.44. The molecule has 0 atom stereocenters. The van der Waals surface area contributed by atoms with E-state index in [-0.39, 0.29) is 0 Å². The molecule has 0 fully saturated rings. The number of hydrogen-bond donors (Lipinski definition) is 0. The summed E-state index contributed by atoms with van der Waals surface area (Å²) in [5, 5.41) is 8.67. The molecule has 1 heterocycles. The summed E-state index contributed by atoms with van der Waals surface area (Å²) in [6, 6.07) is 8.06. The van der Waals surface area contributed by atoms with E-state index in [1.165, 1.54) is 5.56 Å². The van der Waals surface area contributed by atoms with Gasteiger partial charge in [-0.3, -0.25) is 0 Å². The number of aryl methyl sites for hydroxylation is 1. The van der Waals surface area contributed by atoms with Crippen molar-refractivity contribution in [3.8, 4) is 11.8 Å². The quantitative estimate of drug-likeness (QED) is 0.582. The molecule has 70 valence electrons. The second-order valence-electron chi connectivity index (χ2n) is 3.35. The van der Waals surface area contributed by atoms with E-state index in [1.54, 1.807) is 6.08 Å². The van der Waals surface area contributed by atoms with Crippen LogP contribution >= 0.6 is 0 Å². The summed E-state index contributed by atoms with van der Waals surface area (Å²) >= 11 is 0. The highest BCUT2D eigenvalue weighted by atomic mass is 16.5. The van der Waals surface area contributed by atoms with Gasteiger partial charge in [-0.25, -0.2) is 0 Å². The number of fused-ring (bicyclic) bond motifs is 1. The Hall–Kier alpha value is -1.75. The average molecular weight is 185 g/mol. The predicted octanol–water partition coefficient (Wildman–Crippen LogP) is 2.68. The van der Waals surface area contributed by atoms with Crippen LogP contribution in [0.5, 0.6) is 5.75 Å². The Morgan fingerprint density at radius 2 is 2.36 bits per heavy atom. The fraction of sp³-hybridized carbons (Fsp3) is 0.250. The molecular formula is C12H11NO. The smallest absolute Gasteiger partial charge is 0.127 e. The highest BCUT2D eigenvalue weighted by Crippen LogP contribution is 2.34. The zero-order valence-electron chi connectivity index (χ0n) is 8.08. The Balaban J connectivity index is 2.59. The first kappa shape index (κ1) is 8.83. The van der Waals surface area contributed by atoms with Crippen LogP contribution in [0.4, 0.5) is 0 Å². The zero-order chi connectivity index (χ0) is 9.97. The Morgan fingerprint density at radius 1 is 1.50 bits per heavy atom. The molecular weight excluding hydrogens is 174 g/mol. The van der Waals surface area contributed by atoms with Crippen LogP contribution in [0.2, 0.25) is 0 Å². The van der Waals surface area contributed by atoms with Gasteiger partial charge < -0.3 is 4.74 Å². The zero-order valence-corrected chi connectivity index (χ0v) is 8.08. The highest BCUT2D eigenvalue weighted by molar-refractivity contribution is 5.75. The Labute approximate surface area is 83.4 Å². The molecule has 2 heteroatoms. The highest BCUT2D eigenvalue weighted by Gasteiger charge is 2.16. The molecule has 0 unspecified atom stereocenters. The first-order valence-electron chi connectivity index (χ1n) is 4.64. The van der Waals surface area contributed by atoms with Gasteiger partial charge in [-0.1, -0.05) is 12.1 Å². The molecule has 14 heavy (non-hydrogen) atoms. The van der Waals surface area contributed by atoms with Gasteiger partial charge in [0.05, 0.1) is 12.7 Å². The van der Waals surface area contributed by atoms with Crippen molar-refractivity contribution in [1.82, 2.24) is 0 Å². The van der Waals surface area contributed by atoms with Gasteiger partial charge in [0.1, 0.15) is 5.75 Å². The third-order valence-corrected chi connectivity index (χ3v) is 2.42. The standard InChI is InChI=1S/C12H11NO/c1-9-3-2-4-11-12(9)10(5-7-13)6-8-14-11/h2-5H,6,8H2,1H3/b10-5-. The molecule has 1 aliphatic rings. The summed E-state index contributed by atoms with van der Waals surface area (Å²) in [7, 11) is 0. The number of rotatable bonds is 0. The first-order chi connectivity index (χ1) is 6.83. The Bertz CT molecular complexity index is 426. The third-order valence-electron chi connectivity index (χ3n) is 2.42. The predicted molar refractivity (Wildman–Crippen MR) is 54.9 cm³/mol. The van der Waals surface area contributed by atoms with E-state index in [2.05, 4.69) is 6.07 Å². The van der Waals surface area contributed by atoms with E-state index in [4.69, 9.17) is 10.00 Å². The van der Waals surface area contributed by atoms with Crippen molar-refractivity contribution in [1.29, 1.82) is 5.26 Å². The normalized spacial score (nSPS) is 17.0. The van der Waals surface area contributed by atoms with Crippen molar-refractivity contribution in [2.75, 3.05) is 6.61 Å². The monoisotopic (exact) mass is 185 g/mol. The van der Waals surface area contributed by atoms with Crippen LogP contribution < -0.4 is 4.74 Å². The lowest BCUT2D eigenvalue weighted by molar-refractivity contribution is 0.316. The van der Waals surface area contributed by atoms with E-state index in [0.29, 0.717) is 6.61 Å². The Morgan fingerprint density at radius 3 is 3.14 bits per heavy atom. The molecule has 0 amide bonds. The van der Waals surface area contributed by atoms with Gasteiger partial charge in [0.15, 0.2) is 0 Å². The van der Waals surface area contributed by atoms with Gasteiger partial charge in [-0.15, -0.1) is 0 Å². The number of hydrogen-bond acceptors (Lipinski definition) is 2. The SMILES string of the molecule is Cc1cccc2c1/C(=C\C#N)CCO2. The summed E-state index contributed by atoms with van der Waals surface area (Å²) in [5.74, 6) is 0.901. The van der Waals surface area contributed by atoms with Crippen LogP contribution in [0.15, 0.2) is 24.3 Å². The summed E-state index contributed by atoms with van der Waals surface area (Å²) in [5.41, 5.74) is 3.36. The van der Waals surface area contributed by atoms with Gasteiger partial charge in [0.2, 0.25) is 0 Å². The van der Waals surface area contributed by atoms with Crippen molar-refractivity contribution >= 4 is 5.57 Å². The van der Waals surface area contributed by atoms with E-state index < -0.39 is 0 Å². The largest absolute Gasteiger partial charge is 0.493 e. The molecule has 0 bridgehead atoms. The average Bonchev–Trinajstić information content (AvgIpc) is 2.19. The minimum atomic E-state index is 0.671. The molecule has 1 aromatic rings. The maximum absolute atomic E-state index is 8.67. The van der Waals surface area contributed by atoms with E-state index in [9.17, 15) is 0 Å². The maximum atomic E-state index is 8.67. The van der Waals surface area contributed by atoms with Crippen LogP contribution in [0.3, 0.4) is 0 Å². The number of benzene rings is 1. The molecule has 0 radical (unpaired) electrons. The van der Waals surface area contributed by atoms with E-state index in [1.807, 2.05) is 25.1 Å². The van der Waals surface area contributed by atoms with Crippen molar-refractivity contribution < 1.29 is 4.74 Å². The van der Waals surface area contributed by atoms with E-state index >= 15 is 0 Å². The molecule has 0 N–H and O–H groups in total. The molecule has 0 aromatic heterocycles. The van der Waals surface area contributed by atoms with Crippen LogP contribution in [0.1, 0.15) is 17.5 Å². The van der Waals surface area contributed by atoms with Crippen molar-refractivity contribution in [2.24, 2.45) is 0 Å². The number of ether oxygens (including phenoxy) is 1. The topological polar surface area (TPSA) is 33.0 Å². The van der Waals surface area contributed by atoms with Crippen LogP contribution in [-0.2, 0) is 0 Å². The van der Waals surface area contributed by atoms with Gasteiger partial charge in [-0.2, -0.15) is 5.26 Å². The lowest BCUT2D eigenvalue weighted by atomic mass is 9.95. The second-order valence-corrected chi connectivity index (χ2v) is 3.35. The van der Waals surface area contributed by atoms with E-state index in [0.717, 1.165) is 23.3 Å². The summed E-state index contributed by atoms with van der Waals surface area (Å²) in [4.78, 5) is 0. The molecule has 0 saturated carbocycles. The lowest BCUT2D eigenvalue weighted by Gasteiger charge is -2.21. The van der Waals surface area contributed by atoms with Crippen LogP contribution in [-0.4, -0.2) is 6.61 Å². The molecule has 0 saturated heterocycles. The molecule has 2 rings (SSSR count). The lowest BCUT2D eigenvalue weighted by Crippen LogP contribution is -2.08. The van der Waals surface area contributed by atoms with Gasteiger partial charge in [0.25, 0.3) is 0 Å². The molecule has 0 spiro atoms. The van der Waals surface area contributed by atoms with Crippen LogP contribution in [0.25, 0.3) is 5.57 Å². The minimum Gasteiger partial charge on any atom is -0.493 e. The van der Waals surface area contributed by atoms with Crippen molar-refractivity contribution in [2.45, 2.75) is 13.3 Å². The number of allylic oxidation sites excluding steroid dienone is 1. The summed E-state index contributed by atoms with van der Waals surface area (Å²) < 4.78 is 5.53. The Kier molecular flexibility index (Phi) is 2.24. The minimum absolute atomic E-state index is 0.671. The first-order valence-corrected chi connectivity index (χ1v) is 4.64. The van der Waals surface area contributed by atoms with Gasteiger partial charge >= 0.3 is 0 Å². The molecule has 0 aliphatic carbocycles. The molecule has 2 nitrogen and oxygen atoms in total. The second kappa shape index (κ2) is 3.55. The molecule has 1 aliphatic heterocycles. The van der Waals surface area contributed by atoms with Crippen molar-refractivity contribution in [3.05, 3.63) is 35.4 Å². The fourth-order valence-electron chi connectivity index (χ4n) is 1.79. The van der Waals surface area contributed by atoms with Crippen LogP contribution in [0, 0.1) is 18.3 Å². The fourth-order valence-corrected chi connectivity index (χ4v) is 1.79. The van der Waals surface area contributed by atoms with Crippen molar-refractivity contribution in [3.63, 3.8) is 0 Å². The maximum Gasteiger partial charge on any atom is 0.127 e. The number of nitriles is 1. The van der Waals surface area contributed by atoms with Gasteiger partial charge in [-0.05, 0) is 24.1 Å². The number of nitrogens with zero attached hydrogens (tertiary/aromatic N) is 1.